The predicted molar refractivity (Wildman–Crippen MR) is 61.1 cm³/mol. The Morgan fingerprint density at radius 3 is 2.65 bits per heavy atom. The molecule has 0 spiro atoms. The first kappa shape index (κ1) is 10.7. The van der Waals surface area contributed by atoms with Crippen molar-refractivity contribution in [2.45, 2.75) is 37.5 Å². The quantitative estimate of drug-likeness (QED) is 0.837. The molecule has 2 aliphatic heterocycles. The van der Waals surface area contributed by atoms with Crippen LogP contribution < -0.4 is 0 Å². The number of fused-ring (bicyclic) bond motifs is 2. The maximum atomic E-state index is 11.9. The average molecular weight is 233 g/mol. The molecule has 0 aliphatic carbocycles. The number of aliphatic hydroxyl groups is 1. The number of hydroxylamine groups is 2. The second kappa shape index (κ2) is 4.13. The Hall–Kier alpha value is -1.39. The van der Waals surface area contributed by atoms with E-state index in [4.69, 9.17) is 4.84 Å². The topological polar surface area (TPSA) is 49.8 Å². The third-order valence-electron chi connectivity index (χ3n) is 3.64. The van der Waals surface area contributed by atoms with Crippen molar-refractivity contribution in [2.75, 3.05) is 0 Å². The van der Waals surface area contributed by atoms with Gasteiger partial charge < -0.3 is 9.94 Å². The van der Waals surface area contributed by atoms with Crippen molar-refractivity contribution < 1.29 is 14.7 Å². The first-order valence-electron chi connectivity index (χ1n) is 5.99. The molecule has 4 nitrogen and oxygen atoms in total. The summed E-state index contributed by atoms with van der Waals surface area (Å²) in [5.74, 6) is -0.336. The lowest BCUT2D eigenvalue weighted by Gasteiger charge is -2.20. The molecular formula is C13H15NO3. The number of nitrogens with zero attached hydrogens (tertiary/aromatic N) is 1. The van der Waals surface area contributed by atoms with Gasteiger partial charge in [0.05, 0.1) is 17.7 Å². The van der Waals surface area contributed by atoms with Crippen LogP contribution >= 0.6 is 0 Å². The molecule has 2 saturated heterocycles. The van der Waals surface area contributed by atoms with E-state index in [0.717, 1.165) is 12.8 Å². The summed E-state index contributed by atoms with van der Waals surface area (Å²) in [7, 11) is 0. The molecule has 4 heteroatoms. The standard InChI is InChI=1S/C13H15NO3/c15-12-8-10-6-7-11(12)14(10)17-13(16)9-4-2-1-3-5-9/h1-5,10-12,15H,6-8H2. The van der Waals surface area contributed by atoms with E-state index in [1.54, 1.807) is 17.2 Å². The van der Waals surface area contributed by atoms with Gasteiger partial charge in [-0.3, -0.25) is 0 Å². The van der Waals surface area contributed by atoms with Gasteiger partial charge in [0.25, 0.3) is 0 Å². The summed E-state index contributed by atoms with van der Waals surface area (Å²) in [6.45, 7) is 0. The van der Waals surface area contributed by atoms with Crippen LogP contribution in [0.1, 0.15) is 29.6 Å². The average Bonchev–Trinajstić information content (AvgIpc) is 2.86. The van der Waals surface area contributed by atoms with Crippen LogP contribution in [0.5, 0.6) is 0 Å². The molecule has 1 N–H and O–H groups in total. The van der Waals surface area contributed by atoms with E-state index < -0.39 is 0 Å². The van der Waals surface area contributed by atoms with Crippen molar-refractivity contribution in [2.24, 2.45) is 0 Å². The van der Waals surface area contributed by atoms with Gasteiger partial charge >= 0.3 is 5.97 Å². The molecule has 0 amide bonds. The SMILES string of the molecule is O=C(ON1C2CCC1C(O)C2)c1ccccc1. The van der Waals surface area contributed by atoms with Gasteiger partial charge in [0.15, 0.2) is 0 Å². The molecule has 0 saturated carbocycles. The molecule has 2 aliphatic rings. The number of carbonyl (C=O) groups excluding carboxylic acids is 1. The van der Waals surface area contributed by atoms with Gasteiger partial charge in [-0.05, 0) is 31.4 Å². The minimum absolute atomic E-state index is 0.00679. The number of rotatable bonds is 2. The maximum Gasteiger partial charge on any atom is 0.357 e. The summed E-state index contributed by atoms with van der Waals surface area (Å²) in [6.07, 6.45) is 2.28. The molecule has 2 heterocycles. The predicted octanol–water partition coefficient (Wildman–Crippen LogP) is 1.36. The fourth-order valence-electron chi connectivity index (χ4n) is 2.77. The van der Waals surface area contributed by atoms with Crippen molar-refractivity contribution in [3.63, 3.8) is 0 Å². The molecule has 1 aromatic carbocycles. The molecule has 1 aromatic rings. The lowest BCUT2D eigenvalue weighted by molar-refractivity contribution is -0.130. The zero-order valence-electron chi connectivity index (χ0n) is 9.45. The van der Waals surface area contributed by atoms with Crippen molar-refractivity contribution in [1.82, 2.24) is 5.06 Å². The molecule has 0 aromatic heterocycles. The van der Waals surface area contributed by atoms with E-state index in [0.29, 0.717) is 12.0 Å². The fraction of sp³-hybridized carbons (Fsp3) is 0.462. The van der Waals surface area contributed by atoms with E-state index in [1.807, 2.05) is 18.2 Å². The van der Waals surface area contributed by atoms with Crippen molar-refractivity contribution in [3.8, 4) is 0 Å². The zero-order valence-corrected chi connectivity index (χ0v) is 9.45. The monoisotopic (exact) mass is 233 g/mol. The third kappa shape index (κ3) is 1.83. The lowest BCUT2D eigenvalue weighted by atomic mass is 9.98. The minimum atomic E-state index is -0.350. The molecule has 17 heavy (non-hydrogen) atoms. The number of aliphatic hydroxyl groups excluding tert-OH is 1. The van der Waals surface area contributed by atoms with Crippen LogP contribution in [0.15, 0.2) is 30.3 Å². The summed E-state index contributed by atoms with van der Waals surface area (Å²) in [5.41, 5.74) is 0.549. The molecule has 90 valence electrons. The van der Waals surface area contributed by atoms with Gasteiger partial charge in [0, 0.05) is 6.04 Å². The Morgan fingerprint density at radius 2 is 2.06 bits per heavy atom. The van der Waals surface area contributed by atoms with Crippen LogP contribution in [-0.2, 0) is 4.84 Å². The maximum absolute atomic E-state index is 11.9. The number of hydrogen-bond donors (Lipinski definition) is 1. The molecule has 2 bridgehead atoms. The van der Waals surface area contributed by atoms with Crippen LogP contribution in [0.4, 0.5) is 0 Å². The number of carbonyl (C=O) groups is 1. The summed E-state index contributed by atoms with van der Waals surface area (Å²) in [5, 5.41) is 11.4. The highest BCUT2D eigenvalue weighted by molar-refractivity contribution is 5.89. The summed E-state index contributed by atoms with van der Waals surface area (Å²) in [4.78, 5) is 17.3. The second-order valence-electron chi connectivity index (χ2n) is 4.71. The Kier molecular flexibility index (Phi) is 2.61. The highest BCUT2D eigenvalue weighted by atomic mass is 16.7. The summed E-state index contributed by atoms with van der Waals surface area (Å²) >= 11 is 0. The Morgan fingerprint density at radius 1 is 1.29 bits per heavy atom. The van der Waals surface area contributed by atoms with E-state index in [1.165, 1.54) is 0 Å². The summed E-state index contributed by atoms with van der Waals surface area (Å²) in [6, 6.07) is 9.14. The third-order valence-corrected chi connectivity index (χ3v) is 3.64. The van der Waals surface area contributed by atoms with E-state index >= 15 is 0 Å². The van der Waals surface area contributed by atoms with Crippen molar-refractivity contribution in [3.05, 3.63) is 35.9 Å². The Bertz CT molecular complexity index is 420. The normalized spacial score (nSPS) is 31.7. The molecule has 3 rings (SSSR count). The van der Waals surface area contributed by atoms with E-state index in [2.05, 4.69) is 0 Å². The van der Waals surface area contributed by atoms with Gasteiger partial charge in [-0.25, -0.2) is 4.79 Å². The molecule has 2 fully saturated rings. The van der Waals surface area contributed by atoms with Crippen molar-refractivity contribution >= 4 is 5.97 Å². The Balaban J connectivity index is 1.71. The van der Waals surface area contributed by atoms with Crippen LogP contribution in [0.2, 0.25) is 0 Å². The summed E-state index contributed by atoms with van der Waals surface area (Å²) < 4.78 is 0. The molecular weight excluding hydrogens is 218 g/mol. The van der Waals surface area contributed by atoms with Gasteiger partial charge in [0.1, 0.15) is 0 Å². The lowest BCUT2D eigenvalue weighted by Crippen LogP contribution is -2.34. The fourth-order valence-corrected chi connectivity index (χ4v) is 2.77. The first-order valence-corrected chi connectivity index (χ1v) is 5.99. The number of hydrogen-bond acceptors (Lipinski definition) is 4. The largest absolute Gasteiger partial charge is 0.391 e. The molecule has 0 radical (unpaired) electrons. The van der Waals surface area contributed by atoms with E-state index in [-0.39, 0.29) is 24.2 Å². The van der Waals surface area contributed by atoms with Crippen LogP contribution in [-0.4, -0.2) is 34.3 Å². The van der Waals surface area contributed by atoms with Gasteiger partial charge in [-0.1, -0.05) is 18.2 Å². The van der Waals surface area contributed by atoms with Crippen LogP contribution in [0, 0.1) is 0 Å². The first-order chi connectivity index (χ1) is 8.25. The van der Waals surface area contributed by atoms with E-state index in [9.17, 15) is 9.90 Å². The second-order valence-corrected chi connectivity index (χ2v) is 4.71. The number of benzene rings is 1. The van der Waals surface area contributed by atoms with Crippen LogP contribution in [0.25, 0.3) is 0 Å². The highest BCUT2D eigenvalue weighted by Gasteiger charge is 2.48. The minimum Gasteiger partial charge on any atom is -0.391 e. The van der Waals surface area contributed by atoms with Crippen molar-refractivity contribution in [1.29, 1.82) is 0 Å². The molecule has 3 unspecified atom stereocenters. The van der Waals surface area contributed by atoms with Gasteiger partial charge in [-0.2, -0.15) is 0 Å². The zero-order chi connectivity index (χ0) is 11.8. The van der Waals surface area contributed by atoms with Gasteiger partial charge in [-0.15, -0.1) is 5.06 Å². The van der Waals surface area contributed by atoms with Crippen LogP contribution in [0.3, 0.4) is 0 Å². The Labute approximate surface area is 99.8 Å². The highest BCUT2D eigenvalue weighted by Crippen LogP contribution is 2.37. The van der Waals surface area contributed by atoms with Gasteiger partial charge in [0.2, 0.25) is 0 Å². The molecule has 3 atom stereocenters. The smallest absolute Gasteiger partial charge is 0.357 e.